The van der Waals surface area contributed by atoms with Crippen molar-refractivity contribution in [1.29, 1.82) is 0 Å². The van der Waals surface area contributed by atoms with E-state index in [0.29, 0.717) is 0 Å². The molecule has 0 aliphatic carbocycles. The van der Waals surface area contributed by atoms with Crippen LogP contribution in [0.15, 0.2) is 41.6 Å². The van der Waals surface area contributed by atoms with Gasteiger partial charge in [-0.25, -0.2) is 18.1 Å². The first-order chi connectivity index (χ1) is 13.0. The Bertz CT molecular complexity index is 1140. The molecule has 0 fully saturated rings. The van der Waals surface area contributed by atoms with Crippen molar-refractivity contribution in [3.05, 3.63) is 59.0 Å². The SMILES string of the molecule is COc1cc(C)c(C)cc1S(=O)(=O)NCc1cn2cc(C(F)(F)F)ccc2n1. The monoisotopic (exact) mass is 413 g/mol. The molecule has 0 aliphatic heterocycles. The first-order valence-corrected chi connectivity index (χ1v) is 9.69. The Morgan fingerprint density at radius 1 is 1.14 bits per heavy atom. The molecular formula is C18H18F3N3O3S. The molecule has 6 nitrogen and oxygen atoms in total. The fourth-order valence-electron chi connectivity index (χ4n) is 2.68. The zero-order valence-corrected chi connectivity index (χ0v) is 16.1. The summed E-state index contributed by atoms with van der Waals surface area (Å²) in [5, 5.41) is 0. The third kappa shape index (κ3) is 3.97. The van der Waals surface area contributed by atoms with E-state index in [1.165, 1.54) is 29.8 Å². The maximum absolute atomic E-state index is 12.8. The minimum absolute atomic E-state index is 0.0128. The topological polar surface area (TPSA) is 72.7 Å². The second-order valence-corrected chi connectivity index (χ2v) is 8.06. The number of sulfonamides is 1. The number of imidazole rings is 1. The Labute approximate surface area is 160 Å². The fraction of sp³-hybridized carbons (Fsp3) is 0.278. The Morgan fingerprint density at radius 3 is 2.46 bits per heavy atom. The van der Waals surface area contributed by atoms with Crippen LogP contribution in [0.1, 0.15) is 22.4 Å². The molecule has 2 heterocycles. The molecule has 3 rings (SSSR count). The molecule has 0 radical (unpaired) electrons. The van der Waals surface area contributed by atoms with Gasteiger partial charge in [0.2, 0.25) is 10.0 Å². The molecule has 10 heteroatoms. The lowest BCUT2D eigenvalue weighted by Gasteiger charge is -2.12. The summed E-state index contributed by atoms with van der Waals surface area (Å²) >= 11 is 0. The minimum atomic E-state index is -4.47. The van der Waals surface area contributed by atoms with Crippen molar-refractivity contribution in [2.75, 3.05) is 7.11 Å². The standard InChI is InChI=1S/C18H18F3N3O3S/c1-11-6-15(27-3)16(7-12(11)2)28(25,26)22-8-14-10-24-9-13(18(19,20)21)4-5-17(24)23-14/h4-7,9-10,22H,8H2,1-3H3. The van der Waals surface area contributed by atoms with E-state index in [-0.39, 0.29) is 28.5 Å². The van der Waals surface area contributed by atoms with Gasteiger partial charge in [0.1, 0.15) is 16.3 Å². The van der Waals surface area contributed by atoms with Crippen molar-refractivity contribution in [3.63, 3.8) is 0 Å². The number of hydrogen-bond acceptors (Lipinski definition) is 4. The van der Waals surface area contributed by atoms with Crippen LogP contribution in [-0.4, -0.2) is 24.9 Å². The number of methoxy groups -OCH3 is 1. The number of rotatable bonds is 5. The van der Waals surface area contributed by atoms with E-state index in [4.69, 9.17) is 4.74 Å². The van der Waals surface area contributed by atoms with Crippen LogP contribution in [0.2, 0.25) is 0 Å². The van der Waals surface area contributed by atoms with Crippen LogP contribution in [0.5, 0.6) is 5.75 Å². The third-order valence-electron chi connectivity index (χ3n) is 4.34. The first kappa shape index (κ1) is 20.2. The molecule has 0 saturated carbocycles. The molecule has 150 valence electrons. The summed E-state index contributed by atoms with van der Waals surface area (Å²) in [6, 6.07) is 5.30. The van der Waals surface area contributed by atoms with Gasteiger partial charge in [0.25, 0.3) is 0 Å². The number of nitrogens with zero attached hydrogens (tertiary/aromatic N) is 2. The van der Waals surface area contributed by atoms with Gasteiger partial charge >= 0.3 is 6.18 Å². The minimum Gasteiger partial charge on any atom is -0.495 e. The Morgan fingerprint density at radius 2 is 1.82 bits per heavy atom. The van der Waals surface area contributed by atoms with Gasteiger partial charge in [0, 0.05) is 12.4 Å². The summed E-state index contributed by atoms with van der Waals surface area (Å²) in [6.07, 6.45) is -2.21. The molecule has 1 N–H and O–H groups in total. The number of pyridine rings is 1. The molecule has 1 aromatic carbocycles. The van der Waals surface area contributed by atoms with Crippen LogP contribution in [0.3, 0.4) is 0 Å². The summed E-state index contributed by atoms with van der Waals surface area (Å²) in [5.74, 6) is 0.209. The highest BCUT2D eigenvalue weighted by molar-refractivity contribution is 7.89. The second kappa shape index (κ2) is 7.10. The zero-order valence-electron chi connectivity index (χ0n) is 15.3. The molecule has 0 aliphatic rings. The number of halogens is 3. The van der Waals surface area contributed by atoms with E-state index in [1.54, 1.807) is 13.0 Å². The van der Waals surface area contributed by atoms with Crippen molar-refractivity contribution >= 4 is 15.7 Å². The molecule has 3 aromatic rings. The van der Waals surface area contributed by atoms with Gasteiger partial charge < -0.3 is 9.14 Å². The van der Waals surface area contributed by atoms with Crippen LogP contribution in [0.25, 0.3) is 5.65 Å². The number of hydrogen-bond donors (Lipinski definition) is 1. The quantitative estimate of drug-likeness (QED) is 0.695. The third-order valence-corrected chi connectivity index (χ3v) is 5.76. The second-order valence-electron chi connectivity index (χ2n) is 6.33. The molecule has 2 aromatic heterocycles. The van der Waals surface area contributed by atoms with E-state index in [0.717, 1.165) is 23.4 Å². The van der Waals surface area contributed by atoms with Crippen LogP contribution in [-0.2, 0) is 22.7 Å². The smallest absolute Gasteiger partial charge is 0.417 e. The fourth-order valence-corrected chi connectivity index (χ4v) is 3.91. The van der Waals surface area contributed by atoms with Gasteiger partial charge in [0.15, 0.2) is 0 Å². The van der Waals surface area contributed by atoms with Crippen LogP contribution < -0.4 is 9.46 Å². The van der Waals surface area contributed by atoms with Crippen molar-refractivity contribution in [2.45, 2.75) is 31.5 Å². The average molecular weight is 413 g/mol. The van der Waals surface area contributed by atoms with Crippen LogP contribution >= 0.6 is 0 Å². The van der Waals surface area contributed by atoms with Gasteiger partial charge in [-0.2, -0.15) is 13.2 Å². The van der Waals surface area contributed by atoms with E-state index in [9.17, 15) is 21.6 Å². The lowest BCUT2D eigenvalue weighted by molar-refractivity contribution is -0.137. The Kier molecular flexibility index (Phi) is 5.11. The summed E-state index contributed by atoms with van der Waals surface area (Å²) < 4.78 is 72.6. The number of alkyl halides is 3. The summed E-state index contributed by atoms with van der Waals surface area (Å²) in [5.41, 5.74) is 1.42. The Balaban J connectivity index is 1.86. The number of fused-ring (bicyclic) bond motifs is 1. The highest BCUT2D eigenvalue weighted by Crippen LogP contribution is 2.29. The molecule has 0 spiro atoms. The molecule has 0 atom stereocenters. The number of aryl methyl sites for hydroxylation is 2. The van der Waals surface area contributed by atoms with Gasteiger partial charge in [0.05, 0.1) is 24.9 Å². The van der Waals surface area contributed by atoms with Gasteiger partial charge in [-0.1, -0.05) is 0 Å². The van der Waals surface area contributed by atoms with E-state index in [2.05, 4.69) is 9.71 Å². The van der Waals surface area contributed by atoms with Crippen molar-refractivity contribution in [2.24, 2.45) is 0 Å². The summed E-state index contributed by atoms with van der Waals surface area (Å²) in [6.45, 7) is 3.45. The zero-order chi connectivity index (χ0) is 20.7. The van der Waals surface area contributed by atoms with E-state index >= 15 is 0 Å². The summed E-state index contributed by atoms with van der Waals surface area (Å²) in [7, 11) is -2.54. The van der Waals surface area contributed by atoms with Crippen molar-refractivity contribution in [3.8, 4) is 5.75 Å². The Hall–Kier alpha value is -2.59. The van der Waals surface area contributed by atoms with E-state index < -0.39 is 21.8 Å². The molecule has 0 amide bonds. The largest absolute Gasteiger partial charge is 0.495 e. The number of nitrogens with one attached hydrogen (secondary N) is 1. The first-order valence-electron chi connectivity index (χ1n) is 8.21. The van der Waals surface area contributed by atoms with Gasteiger partial charge in [-0.05, 0) is 49.2 Å². The molecule has 28 heavy (non-hydrogen) atoms. The molecule has 0 unspecified atom stereocenters. The molecule has 0 saturated heterocycles. The predicted molar refractivity (Wildman–Crippen MR) is 96.7 cm³/mol. The van der Waals surface area contributed by atoms with Gasteiger partial charge in [-0.15, -0.1) is 0 Å². The predicted octanol–water partition coefficient (Wildman–Crippen LogP) is 3.46. The van der Waals surface area contributed by atoms with E-state index in [1.807, 2.05) is 6.92 Å². The number of aromatic nitrogens is 2. The van der Waals surface area contributed by atoms with Crippen molar-refractivity contribution < 1.29 is 26.3 Å². The average Bonchev–Trinajstić information content (AvgIpc) is 3.03. The lowest BCUT2D eigenvalue weighted by atomic mass is 10.1. The van der Waals surface area contributed by atoms with Crippen molar-refractivity contribution in [1.82, 2.24) is 14.1 Å². The lowest BCUT2D eigenvalue weighted by Crippen LogP contribution is -2.24. The maximum atomic E-state index is 12.8. The molecule has 0 bridgehead atoms. The van der Waals surface area contributed by atoms with Crippen LogP contribution in [0, 0.1) is 13.8 Å². The number of benzene rings is 1. The van der Waals surface area contributed by atoms with Crippen LogP contribution in [0.4, 0.5) is 13.2 Å². The number of ether oxygens (including phenoxy) is 1. The maximum Gasteiger partial charge on any atom is 0.417 e. The normalized spacial score (nSPS) is 12.5. The highest BCUT2D eigenvalue weighted by atomic mass is 32.2. The molecular weight excluding hydrogens is 395 g/mol. The van der Waals surface area contributed by atoms with Gasteiger partial charge in [-0.3, -0.25) is 0 Å². The summed E-state index contributed by atoms with van der Waals surface area (Å²) in [4.78, 5) is 4.13. The highest BCUT2D eigenvalue weighted by Gasteiger charge is 2.31.